The topological polar surface area (TPSA) is 119 Å². The smallest absolute Gasteiger partial charge is 0.410 e. The third kappa shape index (κ3) is 6.46. The van der Waals surface area contributed by atoms with Gasteiger partial charge in [0.25, 0.3) is 0 Å². The molecule has 1 amide bonds. The molecular weight excluding hydrogens is 419 g/mol. The second-order valence-corrected chi connectivity index (χ2v) is 7.47. The summed E-state index contributed by atoms with van der Waals surface area (Å²) >= 11 is 0. The number of piperidine rings is 1. The lowest BCUT2D eigenvalue weighted by atomic mass is 10.1. The Morgan fingerprint density at radius 3 is 2.78 bits per heavy atom. The molecule has 1 fully saturated rings. The third-order valence-corrected chi connectivity index (χ3v) is 4.66. The first-order valence-corrected chi connectivity index (χ1v) is 10.3. The van der Waals surface area contributed by atoms with E-state index >= 15 is 0 Å². The standard InChI is InChI=1S/C20H27FN8O3/c1-14(2)32-20(30)28-8-6-15(7-9-28)24-25-16(11-22-3)12-31-19-5-4-17(10-18(19)21)29-13-23-26-27-29/h4-5,10-11,13-15,24H,6-9,12H2,1-3H3/b22-11-,25-16+. The average molecular weight is 446 g/mol. The van der Waals surface area contributed by atoms with Gasteiger partial charge in [-0.1, -0.05) is 0 Å². The molecule has 0 aliphatic carbocycles. The van der Waals surface area contributed by atoms with Gasteiger partial charge in [0, 0.05) is 38.5 Å². The van der Waals surface area contributed by atoms with E-state index in [-0.39, 0.29) is 30.6 Å². The zero-order valence-electron chi connectivity index (χ0n) is 18.3. The second kappa shape index (κ2) is 11.2. The molecule has 32 heavy (non-hydrogen) atoms. The van der Waals surface area contributed by atoms with Crippen LogP contribution >= 0.6 is 0 Å². The van der Waals surface area contributed by atoms with Gasteiger partial charge in [-0.25, -0.2) is 13.9 Å². The molecule has 0 unspecified atom stereocenters. The van der Waals surface area contributed by atoms with Crippen LogP contribution in [0.1, 0.15) is 26.7 Å². The van der Waals surface area contributed by atoms with Crippen LogP contribution in [0.3, 0.4) is 0 Å². The van der Waals surface area contributed by atoms with Crippen LogP contribution in [0.5, 0.6) is 5.75 Å². The fourth-order valence-electron chi connectivity index (χ4n) is 3.07. The molecular formula is C20H27FN8O3. The van der Waals surface area contributed by atoms with Crippen LogP contribution in [-0.4, -0.2) is 82.0 Å². The van der Waals surface area contributed by atoms with Gasteiger partial charge in [-0.05, 0) is 49.2 Å². The highest BCUT2D eigenvalue weighted by Crippen LogP contribution is 2.20. The Balaban J connectivity index is 1.52. The van der Waals surface area contributed by atoms with Crippen molar-refractivity contribution in [3.05, 3.63) is 30.3 Å². The largest absolute Gasteiger partial charge is 0.484 e. The van der Waals surface area contributed by atoms with Gasteiger partial charge >= 0.3 is 6.09 Å². The minimum Gasteiger partial charge on any atom is -0.484 e. The SMILES string of the molecule is C/N=C\C(COc1ccc(-n2cnnn2)cc1F)=N/NC1CCN(C(=O)OC(C)C)CC1. The molecule has 12 heteroatoms. The molecule has 11 nitrogen and oxygen atoms in total. The van der Waals surface area contributed by atoms with E-state index in [4.69, 9.17) is 9.47 Å². The minimum absolute atomic E-state index is 0.0328. The summed E-state index contributed by atoms with van der Waals surface area (Å²) in [6.07, 6.45) is 3.97. The van der Waals surface area contributed by atoms with Crippen molar-refractivity contribution in [2.75, 3.05) is 26.7 Å². The quantitative estimate of drug-likeness (QED) is 0.485. The Morgan fingerprint density at radius 1 is 1.38 bits per heavy atom. The third-order valence-electron chi connectivity index (χ3n) is 4.66. The summed E-state index contributed by atoms with van der Waals surface area (Å²) < 4.78 is 26.6. The first-order valence-electron chi connectivity index (χ1n) is 10.3. The van der Waals surface area contributed by atoms with Crippen LogP contribution in [-0.2, 0) is 4.74 Å². The molecule has 1 aliphatic rings. The summed E-state index contributed by atoms with van der Waals surface area (Å²) in [6, 6.07) is 4.54. The highest BCUT2D eigenvalue weighted by Gasteiger charge is 2.24. The highest BCUT2D eigenvalue weighted by atomic mass is 19.1. The maximum absolute atomic E-state index is 14.4. The van der Waals surface area contributed by atoms with E-state index in [1.165, 1.54) is 23.1 Å². The predicted molar refractivity (Wildman–Crippen MR) is 116 cm³/mol. The number of carbonyl (C=O) groups is 1. The molecule has 0 bridgehead atoms. The van der Waals surface area contributed by atoms with E-state index in [0.717, 1.165) is 12.8 Å². The van der Waals surface area contributed by atoms with Crippen molar-refractivity contribution < 1.29 is 18.7 Å². The van der Waals surface area contributed by atoms with Gasteiger partial charge in [-0.3, -0.25) is 4.99 Å². The number of halogens is 1. The van der Waals surface area contributed by atoms with E-state index < -0.39 is 5.82 Å². The second-order valence-electron chi connectivity index (χ2n) is 7.47. The number of aliphatic imine (C=N–C) groups is 1. The van der Waals surface area contributed by atoms with Gasteiger partial charge in [-0.15, -0.1) is 5.10 Å². The van der Waals surface area contributed by atoms with Crippen LogP contribution in [0.2, 0.25) is 0 Å². The summed E-state index contributed by atoms with van der Waals surface area (Å²) in [6.45, 7) is 4.87. The lowest BCUT2D eigenvalue weighted by molar-refractivity contribution is 0.0679. The maximum atomic E-state index is 14.4. The van der Waals surface area contributed by atoms with Crippen LogP contribution in [0.15, 0.2) is 34.6 Å². The zero-order chi connectivity index (χ0) is 22.9. The summed E-state index contributed by atoms with van der Waals surface area (Å²) in [5, 5.41) is 15.1. The van der Waals surface area contributed by atoms with E-state index in [1.54, 1.807) is 24.2 Å². The zero-order valence-corrected chi connectivity index (χ0v) is 18.3. The molecule has 1 aromatic heterocycles. The lowest BCUT2D eigenvalue weighted by Gasteiger charge is -2.31. The van der Waals surface area contributed by atoms with Crippen LogP contribution < -0.4 is 10.2 Å². The number of nitrogens with one attached hydrogen (secondary N) is 1. The van der Waals surface area contributed by atoms with E-state index in [0.29, 0.717) is 24.5 Å². The fraction of sp³-hybridized carbons (Fsp3) is 0.500. The van der Waals surface area contributed by atoms with Gasteiger partial charge in [-0.2, -0.15) is 5.10 Å². The van der Waals surface area contributed by atoms with Crippen molar-refractivity contribution in [2.24, 2.45) is 10.1 Å². The number of amides is 1. The van der Waals surface area contributed by atoms with Crippen molar-refractivity contribution in [2.45, 2.75) is 38.8 Å². The molecule has 3 rings (SSSR count). The fourth-order valence-corrected chi connectivity index (χ4v) is 3.07. The molecule has 0 spiro atoms. The Labute approximate surface area is 185 Å². The molecule has 172 valence electrons. The van der Waals surface area contributed by atoms with E-state index in [1.807, 2.05) is 13.8 Å². The normalized spacial score (nSPS) is 15.4. The van der Waals surface area contributed by atoms with Crippen LogP contribution in [0, 0.1) is 5.82 Å². The lowest BCUT2D eigenvalue weighted by Crippen LogP contribution is -2.44. The number of benzene rings is 1. The van der Waals surface area contributed by atoms with Crippen LogP contribution in [0.4, 0.5) is 9.18 Å². The summed E-state index contributed by atoms with van der Waals surface area (Å²) in [7, 11) is 1.62. The molecule has 1 N–H and O–H groups in total. The van der Waals surface area contributed by atoms with Crippen molar-refractivity contribution in [1.82, 2.24) is 30.5 Å². The Morgan fingerprint density at radius 2 is 2.16 bits per heavy atom. The van der Waals surface area contributed by atoms with Crippen molar-refractivity contribution >= 4 is 18.0 Å². The van der Waals surface area contributed by atoms with Gasteiger partial charge in [0.15, 0.2) is 11.6 Å². The molecule has 2 heterocycles. The highest BCUT2D eigenvalue weighted by molar-refractivity contribution is 6.31. The Kier molecular flexibility index (Phi) is 8.06. The van der Waals surface area contributed by atoms with E-state index in [2.05, 4.69) is 31.0 Å². The maximum Gasteiger partial charge on any atom is 0.410 e. The number of carbonyl (C=O) groups excluding carboxylic acids is 1. The summed E-state index contributed by atoms with van der Waals surface area (Å²) in [4.78, 5) is 17.7. The van der Waals surface area contributed by atoms with Crippen molar-refractivity contribution in [3.63, 3.8) is 0 Å². The Hall–Kier alpha value is -3.57. The number of aromatic nitrogens is 4. The van der Waals surface area contributed by atoms with Gasteiger partial charge in [0.05, 0.1) is 11.8 Å². The minimum atomic E-state index is -0.542. The average Bonchev–Trinajstić information content (AvgIpc) is 3.31. The van der Waals surface area contributed by atoms with Crippen molar-refractivity contribution in [1.29, 1.82) is 0 Å². The van der Waals surface area contributed by atoms with Crippen LogP contribution in [0.25, 0.3) is 5.69 Å². The summed E-state index contributed by atoms with van der Waals surface area (Å²) in [5.74, 6) is -0.463. The molecule has 1 aliphatic heterocycles. The number of hydrogen-bond donors (Lipinski definition) is 1. The summed E-state index contributed by atoms with van der Waals surface area (Å²) in [5.41, 5.74) is 4.10. The Bertz CT molecular complexity index is 940. The number of nitrogens with zero attached hydrogens (tertiary/aromatic N) is 7. The predicted octanol–water partition coefficient (Wildman–Crippen LogP) is 1.84. The molecule has 1 aromatic carbocycles. The number of rotatable bonds is 8. The molecule has 0 saturated carbocycles. The van der Waals surface area contributed by atoms with Gasteiger partial charge in [0.1, 0.15) is 18.6 Å². The molecule has 1 saturated heterocycles. The number of likely N-dealkylation sites (tertiary alicyclic amines) is 1. The molecule has 0 atom stereocenters. The number of tetrazole rings is 1. The number of ether oxygens (including phenoxy) is 2. The first-order chi connectivity index (χ1) is 15.5. The van der Waals surface area contributed by atoms with E-state index in [9.17, 15) is 9.18 Å². The molecule has 0 radical (unpaired) electrons. The first kappa shape index (κ1) is 23.1. The molecule has 2 aromatic rings. The monoisotopic (exact) mass is 446 g/mol. The van der Waals surface area contributed by atoms with Crippen molar-refractivity contribution in [3.8, 4) is 11.4 Å². The van der Waals surface area contributed by atoms with Gasteiger partial charge < -0.3 is 19.8 Å². The number of hydrazone groups is 1. The van der Waals surface area contributed by atoms with Gasteiger partial charge in [0.2, 0.25) is 0 Å². The number of hydrogen-bond acceptors (Lipinski definition) is 9.